The Hall–Kier alpha value is -1.88. The van der Waals surface area contributed by atoms with Crippen molar-refractivity contribution >= 4 is 23.2 Å². The quantitative estimate of drug-likeness (QED) is 0.900. The lowest BCUT2D eigenvalue weighted by Crippen LogP contribution is -2.49. The molecule has 2 atom stereocenters. The molecule has 26 heavy (non-hydrogen) atoms. The Kier molecular flexibility index (Phi) is 5.25. The summed E-state index contributed by atoms with van der Waals surface area (Å²) in [6.45, 7) is 2.29. The zero-order valence-corrected chi connectivity index (χ0v) is 15.5. The van der Waals surface area contributed by atoms with Gasteiger partial charge in [0.1, 0.15) is 0 Å². The molecule has 1 saturated carbocycles. The van der Waals surface area contributed by atoms with E-state index < -0.39 is 0 Å². The standard InChI is InChI=1S/C21H29N3O2/c25-20(15-23-12-4-7-16-6-1-2-10-19(16)23)22-17-8-3-9-18(14-17)24-13-5-11-21(24)26/h3,8-9,14,16,19H,1-2,4-7,10-13,15H2,(H,22,25). The molecule has 5 heteroatoms. The number of carbonyl (C=O) groups is 2. The third-order valence-corrected chi connectivity index (χ3v) is 6.22. The molecule has 3 aliphatic rings. The Morgan fingerprint density at radius 3 is 2.77 bits per heavy atom. The van der Waals surface area contributed by atoms with Crippen molar-refractivity contribution < 1.29 is 9.59 Å². The molecule has 5 nitrogen and oxygen atoms in total. The molecule has 140 valence electrons. The fourth-order valence-corrected chi connectivity index (χ4v) is 4.98. The van der Waals surface area contributed by atoms with Crippen molar-refractivity contribution in [3.63, 3.8) is 0 Å². The first-order valence-electron chi connectivity index (χ1n) is 10.1. The molecule has 2 heterocycles. The highest BCUT2D eigenvalue weighted by atomic mass is 16.2. The summed E-state index contributed by atoms with van der Waals surface area (Å²) in [4.78, 5) is 28.8. The predicted octanol–water partition coefficient (Wildman–Crippen LogP) is 3.41. The minimum atomic E-state index is 0.0566. The van der Waals surface area contributed by atoms with Crippen LogP contribution >= 0.6 is 0 Å². The maximum Gasteiger partial charge on any atom is 0.238 e. The molecular formula is C21H29N3O2. The largest absolute Gasteiger partial charge is 0.325 e. The number of rotatable bonds is 4. The van der Waals surface area contributed by atoms with Crippen LogP contribution in [-0.4, -0.2) is 42.4 Å². The summed E-state index contributed by atoms with van der Waals surface area (Å²) in [6.07, 6.45) is 9.28. The highest BCUT2D eigenvalue weighted by molar-refractivity contribution is 5.97. The minimum Gasteiger partial charge on any atom is -0.325 e. The molecule has 2 amide bonds. The Balaban J connectivity index is 1.38. The van der Waals surface area contributed by atoms with Crippen LogP contribution in [-0.2, 0) is 9.59 Å². The van der Waals surface area contributed by atoms with Gasteiger partial charge < -0.3 is 10.2 Å². The fraction of sp³-hybridized carbons (Fsp3) is 0.619. The first-order chi connectivity index (χ1) is 12.7. The van der Waals surface area contributed by atoms with E-state index in [9.17, 15) is 9.59 Å². The second kappa shape index (κ2) is 7.78. The van der Waals surface area contributed by atoms with Crippen LogP contribution in [0.4, 0.5) is 11.4 Å². The van der Waals surface area contributed by atoms with Gasteiger partial charge in [-0.3, -0.25) is 14.5 Å². The van der Waals surface area contributed by atoms with E-state index in [0.29, 0.717) is 19.0 Å². The number of fused-ring (bicyclic) bond motifs is 1. The van der Waals surface area contributed by atoms with E-state index in [1.54, 1.807) is 0 Å². The number of likely N-dealkylation sites (tertiary alicyclic amines) is 1. The average Bonchev–Trinajstić information content (AvgIpc) is 3.08. The first kappa shape index (κ1) is 17.5. The zero-order valence-electron chi connectivity index (χ0n) is 15.5. The van der Waals surface area contributed by atoms with E-state index in [0.717, 1.165) is 36.8 Å². The van der Waals surface area contributed by atoms with Crippen molar-refractivity contribution in [2.45, 2.75) is 57.4 Å². The van der Waals surface area contributed by atoms with E-state index in [-0.39, 0.29) is 11.8 Å². The van der Waals surface area contributed by atoms with Crippen molar-refractivity contribution in [1.29, 1.82) is 0 Å². The molecule has 1 N–H and O–H groups in total. The van der Waals surface area contributed by atoms with Crippen molar-refractivity contribution in [3.8, 4) is 0 Å². The molecule has 0 bridgehead atoms. The number of benzene rings is 1. The lowest BCUT2D eigenvalue weighted by atomic mass is 9.78. The number of hydrogen-bond acceptors (Lipinski definition) is 3. The van der Waals surface area contributed by atoms with Gasteiger partial charge in [0.2, 0.25) is 11.8 Å². The van der Waals surface area contributed by atoms with Gasteiger partial charge in [-0.25, -0.2) is 0 Å². The summed E-state index contributed by atoms with van der Waals surface area (Å²) in [5.41, 5.74) is 1.67. The lowest BCUT2D eigenvalue weighted by molar-refractivity contribution is -0.119. The lowest BCUT2D eigenvalue weighted by Gasteiger charge is -2.43. The molecule has 0 aromatic heterocycles. The molecule has 1 aliphatic carbocycles. The van der Waals surface area contributed by atoms with Gasteiger partial charge in [-0.1, -0.05) is 18.9 Å². The van der Waals surface area contributed by atoms with Gasteiger partial charge in [0.05, 0.1) is 6.54 Å². The minimum absolute atomic E-state index is 0.0566. The SMILES string of the molecule is O=C(CN1CCCC2CCCCC21)Nc1cccc(N2CCCC2=O)c1. The van der Waals surface area contributed by atoms with Crippen LogP contribution in [0.25, 0.3) is 0 Å². The van der Waals surface area contributed by atoms with E-state index in [1.165, 1.54) is 38.5 Å². The number of anilines is 2. The summed E-state index contributed by atoms with van der Waals surface area (Å²) in [5, 5.41) is 3.04. The Morgan fingerprint density at radius 2 is 1.92 bits per heavy atom. The second-order valence-electron chi connectivity index (χ2n) is 7.97. The van der Waals surface area contributed by atoms with Crippen LogP contribution in [0, 0.1) is 5.92 Å². The molecular weight excluding hydrogens is 326 g/mol. The topological polar surface area (TPSA) is 52.7 Å². The van der Waals surface area contributed by atoms with Crippen molar-refractivity contribution in [1.82, 2.24) is 4.90 Å². The molecule has 0 spiro atoms. The summed E-state index contributed by atoms with van der Waals surface area (Å²) in [7, 11) is 0. The molecule has 1 aromatic carbocycles. The Labute approximate surface area is 155 Å². The third-order valence-electron chi connectivity index (χ3n) is 6.22. The van der Waals surface area contributed by atoms with Crippen LogP contribution in [0.1, 0.15) is 51.4 Å². The van der Waals surface area contributed by atoms with Crippen molar-refractivity contribution in [3.05, 3.63) is 24.3 Å². The molecule has 0 radical (unpaired) electrons. The normalized spacial score (nSPS) is 26.6. The summed E-state index contributed by atoms with van der Waals surface area (Å²) >= 11 is 0. The maximum atomic E-state index is 12.6. The summed E-state index contributed by atoms with van der Waals surface area (Å²) in [5.74, 6) is 1.01. The Bertz CT molecular complexity index is 673. The molecule has 2 saturated heterocycles. The van der Waals surface area contributed by atoms with E-state index in [2.05, 4.69) is 10.2 Å². The summed E-state index contributed by atoms with van der Waals surface area (Å²) < 4.78 is 0. The van der Waals surface area contributed by atoms with Gasteiger partial charge in [-0.2, -0.15) is 0 Å². The molecule has 2 aliphatic heterocycles. The van der Waals surface area contributed by atoms with Crippen molar-refractivity contribution in [2.75, 3.05) is 29.9 Å². The molecule has 3 fully saturated rings. The van der Waals surface area contributed by atoms with Crippen LogP contribution in [0.2, 0.25) is 0 Å². The Morgan fingerprint density at radius 1 is 1.08 bits per heavy atom. The molecule has 1 aromatic rings. The van der Waals surface area contributed by atoms with E-state index in [4.69, 9.17) is 0 Å². The number of amides is 2. The smallest absolute Gasteiger partial charge is 0.238 e. The third kappa shape index (κ3) is 3.78. The predicted molar refractivity (Wildman–Crippen MR) is 103 cm³/mol. The van der Waals surface area contributed by atoms with Crippen LogP contribution in [0.3, 0.4) is 0 Å². The first-order valence-corrected chi connectivity index (χ1v) is 10.1. The van der Waals surface area contributed by atoms with Gasteiger partial charge in [0, 0.05) is 30.4 Å². The van der Waals surface area contributed by atoms with E-state index >= 15 is 0 Å². The van der Waals surface area contributed by atoms with Crippen molar-refractivity contribution in [2.24, 2.45) is 5.92 Å². The number of piperidine rings is 1. The van der Waals surface area contributed by atoms with Gasteiger partial charge in [-0.15, -0.1) is 0 Å². The van der Waals surface area contributed by atoms with Gasteiger partial charge in [0.25, 0.3) is 0 Å². The van der Waals surface area contributed by atoms with Gasteiger partial charge >= 0.3 is 0 Å². The second-order valence-corrected chi connectivity index (χ2v) is 7.97. The highest BCUT2D eigenvalue weighted by Gasteiger charge is 2.33. The maximum absolute atomic E-state index is 12.6. The van der Waals surface area contributed by atoms with Crippen LogP contribution in [0.15, 0.2) is 24.3 Å². The zero-order chi connectivity index (χ0) is 17.9. The number of nitrogens with zero attached hydrogens (tertiary/aromatic N) is 2. The average molecular weight is 355 g/mol. The highest BCUT2D eigenvalue weighted by Crippen LogP contribution is 2.35. The van der Waals surface area contributed by atoms with Gasteiger partial charge in [-0.05, 0) is 62.8 Å². The summed E-state index contributed by atoms with van der Waals surface area (Å²) in [6, 6.07) is 8.27. The molecule has 2 unspecified atom stereocenters. The van der Waals surface area contributed by atoms with Crippen LogP contribution < -0.4 is 10.2 Å². The number of nitrogens with one attached hydrogen (secondary N) is 1. The fourth-order valence-electron chi connectivity index (χ4n) is 4.98. The van der Waals surface area contributed by atoms with E-state index in [1.807, 2.05) is 29.2 Å². The number of carbonyl (C=O) groups excluding carboxylic acids is 2. The van der Waals surface area contributed by atoms with Gasteiger partial charge in [0.15, 0.2) is 0 Å². The number of hydrogen-bond donors (Lipinski definition) is 1. The monoisotopic (exact) mass is 355 g/mol. The molecule has 4 rings (SSSR count). The van der Waals surface area contributed by atoms with Crippen LogP contribution in [0.5, 0.6) is 0 Å².